The molecule has 1 N–H and O–H groups in total. The van der Waals surface area contributed by atoms with Gasteiger partial charge in [0.1, 0.15) is 0 Å². The van der Waals surface area contributed by atoms with Crippen molar-refractivity contribution in [3.05, 3.63) is 33.8 Å². The van der Waals surface area contributed by atoms with Crippen LogP contribution in [-0.2, 0) is 16.0 Å². The summed E-state index contributed by atoms with van der Waals surface area (Å²) in [6.07, 6.45) is 4.02. The second kappa shape index (κ2) is 9.28. The van der Waals surface area contributed by atoms with Crippen molar-refractivity contribution in [1.82, 2.24) is 10.2 Å². The summed E-state index contributed by atoms with van der Waals surface area (Å²) in [7, 11) is 0. The van der Waals surface area contributed by atoms with Crippen molar-refractivity contribution in [3.8, 4) is 0 Å². The molecule has 0 radical (unpaired) electrons. The molecular formula is C18H24Cl2N2O2. The van der Waals surface area contributed by atoms with Gasteiger partial charge in [-0.3, -0.25) is 9.59 Å². The van der Waals surface area contributed by atoms with Crippen LogP contribution in [0.1, 0.15) is 38.2 Å². The zero-order valence-electron chi connectivity index (χ0n) is 14.0. The molecule has 2 amide bonds. The van der Waals surface area contributed by atoms with Crippen molar-refractivity contribution in [1.29, 1.82) is 0 Å². The lowest BCUT2D eigenvalue weighted by molar-refractivity contribution is -0.135. The largest absolute Gasteiger partial charge is 0.356 e. The third-order valence-corrected chi connectivity index (χ3v) is 5.05. The van der Waals surface area contributed by atoms with Crippen molar-refractivity contribution >= 4 is 35.0 Å². The molecule has 1 atom stereocenters. The van der Waals surface area contributed by atoms with Gasteiger partial charge in [-0.1, -0.05) is 42.6 Å². The Morgan fingerprint density at radius 3 is 2.79 bits per heavy atom. The molecule has 0 aliphatic carbocycles. The number of hydrogen-bond acceptors (Lipinski definition) is 2. The maximum atomic E-state index is 12.5. The number of rotatable bonds is 6. The van der Waals surface area contributed by atoms with E-state index in [1.807, 2.05) is 6.07 Å². The van der Waals surface area contributed by atoms with Gasteiger partial charge in [-0.2, -0.15) is 0 Å². The predicted octanol–water partition coefficient (Wildman–Crippen LogP) is 3.69. The summed E-state index contributed by atoms with van der Waals surface area (Å²) >= 11 is 11.9. The number of carbonyl (C=O) groups excluding carboxylic acids is 2. The minimum atomic E-state index is -0.103. The van der Waals surface area contributed by atoms with Gasteiger partial charge < -0.3 is 10.2 Å². The van der Waals surface area contributed by atoms with E-state index in [0.29, 0.717) is 29.7 Å². The van der Waals surface area contributed by atoms with E-state index in [2.05, 4.69) is 12.2 Å². The smallest absolute Gasteiger partial charge is 0.227 e. The number of carbonyl (C=O) groups is 2. The predicted molar refractivity (Wildman–Crippen MR) is 97.4 cm³/mol. The van der Waals surface area contributed by atoms with Crippen LogP contribution in [0.5, 0.6) is 0 Å². The van der Waals surface area contributed by atoms with Crippen molar-refractivity contribution < 1.29 is 9.59 Å². The van der Waals surface area contributed by atoms with Gasteiger partial charge in [-0.25, -0.2) is 0 Å². The molecule has 1 aromatic rings. The fourth-order valence-corrected chi connectivity index (χ4v) is 3.21. The highest BCUT2D eigenvalue weighted by molar-refractivity contribution is 6.42. The third kappa shape index (κ3) is 5.38. The molecule has 1 heterocycles. The van der Waals surface area contributed by atoms with E-state index in [0.717, 1.165) is 31.2 Å². The lowest BCUT2D eigenvalue weighted by Crippen LogP contribution is -2.46. The van der Waals surface area contributed by atoms with Crippen LogP contribution in [0.15, 0.2) is 18.2 Å². The zero-order valence-corrected chi connectivity index (χ0v) is 15.5. The first-order valence-electron chi connectivity index (χ1n) is 8.50. The number of hydrogen-bond donors (Lipinski definition) is 1. The van der Waals surface area contributed by atoms with E-state index in [1.54, 1.807) is 17.0 Å². The summed E-state index contributed by atoms with van der Waals surface area (Å²) < 4.78 is 0. The molecule has 2 rings (SSSR count). The lowest BCUT2D eigenvalue weighted by Gasteiger charge is -2.32. The number of amides is 2. The van der Waals surface area contributed by atoms with Crippen LogP contribution < -0.4 is 5.32 Å². The lowest BCUT2D eigenvalue weighted by atomic mass is 9.96. The molecular weight excluding hydrogens is 347 g/mol. The summed E-state index contributed by atoms with van der Waals surface area (Å²) in [6, 6.07) is 5.23. The number of nitrogens with one attached hydrogen (secondary N) is 1. The quantitative estimate of drug-likeness (QED) is 0.776. The first-order chi connectivity index (χ1) is 11.5. The Bertz CT molecular complexity index is 592. The SMILES string of the molecule is CCCCNC(=O)C1CCCN(C(=O)Cc2ccc(Cl)c(Cl)c2)C1. The Balaban J connectivity index is 1.89. The standard InChI is InChI=1S/C18H24Cl2N2O2/c1-2-3-8-21-18(24)14-5-4-9-22(12-14)17(23)11-13-6-7-15(19)16(20)10-13/h6-7,10,14H,2-5,8-9,11-12H2,1H3,(H,21,24). The number of unbranched alkanes of at least 4 members (excludes halogenated alkanes) is 1. The topological polar surface area (TPSA) is 49.4 Å². The first-order valence-corrected chi connectivity index (χ1v) is 9.26. The first kappa shape index (κ1) is 19.1. The Morgan fingerprint density at radius 2 is 2.08 bits per heavy atom. The van der Waals surface area contributed by atoms with Gasteiger partial charge in [0.15, 0.2) is 0 Å². The maximum Gasteiger partial charge on any atom is 0.227 e. The van der Waals surface area contributed by atoms with Gasteiger partial charge >= 0.3 is 0 Å². The van der Waals surface area contributed by atoms with Crippen LogP contribution in [0.3, 0.4) is 0 Å². The average Bonchev–Trinajstić information content (AvgIpc) is 2.58. The molecule has 0 spiro atoms. The van der Waals surface area contributed by atoms with Gasteiger partial charge in [-0.05, 0) is 37.0 Å². The molecule has 1 aliphatic rings. The van der Waals surface area contributed by atoms with Gasteiger partial charge in [0.25, 0.3) is 0 Å². The number of nitrogens with zero attached hydrogens (tertiary/aromatic N) is 1. The summed E-state index contributed by atoms with van der Waals surface area (Å²) in [5.74, 6) is -0.0108. The molecule has 6 heteroatoms. The van der Waals surface area contributed by atoms with Gasteiger partial charge in [0.05, 0.1) is 22.4 Å². The number of piperidine rings is 1. The van der Waals surface area contributed by atoms with Gasteiger partial charge in [-0.15, -0.1) is 0 Å². The fourth-order valence-electron chi connectivity index (χ4n) is 2.89. The molecule has 1 unspecified atom stereocenters. The van der Waals surface area contributed by atoms with Crippen molar-refractivity contribution in [3.63, 3.8) is 0 Å². The second-order valence-electron chi connectivity index (χ2n) is 6.25. The molecule has 24 heavy (non-hydrogen) atoms. The van der Waals surface area contributed by atoms with E-state index < -0.39 is 0 Å². The van der Waals surface area contributed by atoms with E-state index in [9.17, 15) is 9.59 Å². The van der Waals surface area contributed by atoms with Crippen molar-refractivity contribution in [2.24, 2.45) is 5.92 Å². The van der Waals surface area contributed by atoms with Gasteiger partial charge in [0.2, 0.25) is 11.8 Å². The highest BCUT2D eigenvalue weighted by Gasteiger charge is 2.28. The molecule has 1 saturated heterocycles. The Labute approximate surface area is 153 Å². The van der Waals surface area contributed by atoms with E-state index in [-0.39, 0.29) is 24.2 Å². The normalized spacial score (nSPS) is 17.6. The highest BCUT2D eigenvalue weighted by Crippen LogP contribution is 2.24. The van der Waals surface area contributed by atoms with Crippen LogP contribution in [0.25, 0.3) is 0 Å². The highest BCUT2D eigenvalue weighted by atomic mass is 35.5. The van der Waals surface area contributed by atoms with E-state index in [1.165, 1.54) is 0 Å². The molecule has 0 aromatic heterocycles. The summed E-state index contributed by atoms with van der Waals surface area (Å²) in [4.78, 5) is 26.5. The molecule has 1 aromatic carbocycles. The van der Waals surface area contributed by atoms with Crippen molar-refractivity contribution in [2.45, 2.75) is 39.0 Å². The average molecular weight is 371 g/mol. The minimum absolute atomic E-state index is 0.0273. The third-order valence-electron chi connectivity index (χ3n) is 4.31. The fraction of sp³-hybridized carbons (Fsp3) is 0.556. The van der Waals surface area contributed by atoms with Crippen LogP contribution in [0, 0.1) is 5.92 Å². The molecule has 0 bridgehead atoms. The number of benzene rings is 1. The Morgan fingerprint density at radius 1 is 1.29 bits per heavy atom. The molecule has 1 fully saturated rings. The number of halogens is 2. The second-order valence-corrected chi connectivity index (χ2v) is 7.06. The minimum Gasteiger partial charge on any atom is -0.356 e. The monoisotopic (exact) mass is 370 g/mol. The van der Waals surface area contributed by atoms with Crippen LogP contribution in [0.4, 0.5) is 0 Å². The van der Waals surface area contributed by atoms with Crippen LogP contribution >= 0.6 is 23.2 Å². The molecule has 1 aliphatic heterocycles. The molecule has 0 saturated carbocycles. The maximum absolute atomic E-state index is 12.5. The van der Waals surface area contributed by atoms with Crippen molar-refractivity contribution in [2.75, 3.05) is 19.6 Å². The van der Waals surface area contributed by atoms with Crippen LogP contribution in [0.2, 0.25) is 10.0 Å². The van der Waals surface area contributed by atoms with E-state index >= 15 is 0 Å². The molecule has 132 valence electrons. The van der Waals surface area contributed by atoms with Crippen LogP contribution in [-0.4, -0.2) is 36.3 Å². The number of likely N-dealkylation sites (tertiary alicyclic amines) is 1. The zero-order chi connectivity index (χ0) is 17.5. The Hall–Kier alpha value is -1.26. The summed E-state index contributed by atoms with van der Waals surface area (Å²) in [5, 5.41) is 3.90. The Kier molecular flexibility index (Phi) is 7.38. The van der Waals surface area contributed by atoms with Gasteiger partial charge in [0, 0.05) is 19.6 Å². The summed E-state index contributed by atoms with van der Waals surface area (Å²) in [6.45, 7) is 4.01. The van der Waals surface area contributed by atoms with E-state index in [4.69, 9.17) is 23.2 Å². The summed E-state index contributed by atoms with van der Waals surface area (Å²) in [5.41, 5.74) is 0.837. The molecule has 4 nitrogen and oxygen atoms in total.